The van der Waals surface area contributed by atoms with Crippen LogP contribution >= 0.6 is 27.7 Å². The van der Waals surface area contributed by atoms with Crippen molar-refractivity contribution in [2.24, 2.45) is 0 Å². The molecule has 0 radical (unpaired) electrons. The number of thioether (sulfide) groups is 1. The Morgan fingerprint density at radius 3 is 2.88 bits per heavy atom. The van der Waals surface area contributed by atoms with E-state index in [9.17, 15) is 4.39 Å². The van der Waals surface area contributed by atoms with Crippen molar-refractivity contribution < 1.29 is 4.39 Å². The number of benzene rings is 1. The molecule has 0 aliphatic heterocycles. The van der Waals surface area contributed by atoms with E-state index in [0.717, 1.165) is 23.5 Å². The molecule has 16 heavy (non-hydrogen) atoms. The van der Waals surface area contributed by atoms with Crippen LogP contribution in [0.15, 0.2) is 22.7 Å². The number of hydrogen-bond acceptors (Lipinski definition) is 2. The predicted octanol–water partition coefficient (Wildman–Crippen LogP) is 3.99. The Labute approximate surface area is 109 Å². The molecule has 1 aromatic carbocycles. The van der Waals surface area contributed by atoms with Gasteiger partial charge in [0, 0.05) is 17.4 Å². The summed E-state index contributed by atoms with van der Waals surface area (Å²) in [5.41, 5.74) is 0.737. The molecule has 0 fully saturated rings. The van der Waals surface area contributed by atoms with E-state index in [0.29, 0.717) is 4.47 Å². The van der Waals surface area contributed by atoms with Crippen LogP contribution in [0.2, 0.25) is 0 Å². The van der Waals surface area contributed by atoms with E-state index in [2.05, 4.69) is 28.2 Å². The maximum atomic E-state index is 13.9. The average molecular weight is 306 g/mol. The Balaban J connectivity index is 2.74. The second kappa shape index (κ2) is 7.30. The van der Waals surface area contributed by atoms with E-state index >= 15 is 0 Å². The monoisotopic (exact) mass is 305 g/mol. The van der Waals surface area contributed by atoms with Gasteiger partial charge >= 0.3 is 0 Å². The summed E-state index contributed by atoms with van der Waals surface area (Å²) < 4.78 is 14.4. The first-order valence-electron chi connectivity index (χ1n) is 5.39. The van der Waals surface area contributed by atoms with Gasteiger partial charge in [0.1, 0.15) is 5.82 Å². The molecule has 0 spiro atoms. The lowest BCUT2D eigenvalue weighted by molar-refractivity contribution is 0.561. The molecule has 0 bridgehead atoms. The summed E-state index contributed by atoms with van der Waals surface area (Å²) in [5, 5.41) is 3.16. The zero-order valence-corrected chi connectivity index (χ0v) is 12.0. The zero-order valence-electron chi connectivity index (χ0n) is 9.59. The van der Waals surface area contributed by atoms with E-state index in [-0.39, 0.29) is 11.9 Å². The van der Waals surface area contributed by atoms with Gasteiger partial charge in [0.15, 0.2) is 0 Å². The second-order valence-electron chi connectivity index (χ2n) is 3.56. The van der Waals surface area contributed by atoms with Gasteiger partial charge in [-0.25, -0.2) is 4.39 Å². The molecule has 1 aromatic rings. The molecule has 1 rings (SSSR count). The molecule has 1 unspecified atom stereocenters. The van der Waals surface area contributed by atoms with Gasteiger partial charge in [-0.3, -0.25) is 0 Å². The molecule has 1 N–H and O–H groups in total. The van der Waals surface area contributed by atoms with Gasteiger partial charge in [-0.15, -0.1) is 0 Å². The van der Waals surface area contributed by atoms with Gasteiger partial charge in [-0.05, 0) is 41.2 Å². The minimum atomic E-state index is -0.154. The standard InChI is InChI=1S/C12H17BrFNS/c1-3-7-16-8-11(15-2)9-5-4-6-10(13)12(9)14/h4-6,11,15H,3,7-8H2,1-2H3. The maximum absolute atomic E-state index is 13.9. The smallest absolute Gasteiger partial charge is 0.142 e. The SMILES string of the molecule is CCCSCC(NC)c1cccc(Br)c1F. The minimum absolute atomic E-state index is 0.0778. The summed E-state index contributed by atoms with van der Waals surface area (Å²) in [7, 11) is 1.87. The van der Waals surface area contributed by atoms with Crippen molar-refractivity contribution in [1.82, 2.24) is 5.32 Å². The zero-order chi connectivity index (χ0) is 12.0. The van der Waals surface area contributed by atoms with Crippen molar-refractivity contribution in [1.29, 1.82) is 0 Å². The largest absolute Gasteiger partial charge is 0.312 e. The van der Waals surface area contributed by atoms with E-state index in [1.807, 2.05) is 30.9 Å². The molecule has 0 saturated carbocycles. The lowest BCUT2D eigenvalue weighted by atomic mass is 10.1. The first-order chi connectivity index (χ1) is 7.70. The van der Waals surface area contributed by atoms with E-state index < -0.39 is 0 Å². The Kier molecular flexibility index (Phi) is 6.39. The molecule has 0 aliphatic rings. The lowest BCUT2D eigenvalue weighted by Crippen LogP contribution is -2.20. The van der Waals surface area contributed by atoms with Crippen molar-refractivity contribution in [2.45, 2.75) is 19.4 Å². The van der Waals surface area contributed by atoms with Crippen LogP contribution in [-0.2, 0) is 0 Å². The van der Waals surface area contributed by atoms with Gasteiger partial charge in [0.05, 0.1) is 4.47 Å². The van der Waals surface area contributed by atoms with Crippen molar-refractivity contribution >= 4 is 27.7 Å². The van der Waals surface area contributed by atoms with Crippen molar-refractivity contribution in [3.05, 3.63) is 34.1 Å². The van der Waals surface area contributed by atoms with Crippen molar-refractivity contribution in [3.63, 3.8) is 0 Å². The fraction of sp³-hybridized carbons (Fsp3) is 0.500. The van der Waals surface area contributed by atoms with Crippen LogP contribution in [0.4, 0.5) is 4.39 Å². The van der Waals surface area contributed by atoms with Gasteiger partial charge in [-0.2, -0.15) is 11.8 Å². The highest BCUT2D eigenvalue weighted by Crippen LogP contribution is 2.26. The van der Waals surface area contributed by atoms with Crippen LogP contribution in [0.5, 0.6) is 0 Å². The van der Waals surface area contributed by atoms with Gasteiger partial charge in [-0.1, -0.05) is 19.1 Å². The number of rotatable bonds is 6. The molecule has 0 saturated heterocycles. The molecule has 0 aromatic heterocycles. The minimum Gasteiger partial charge on any atom is -0.312 e. The van der Waals surface area contributed by atoms with Crippen LogP contribution in [0.1, 0.15) is 24.9 Å². The molecule has 0 aliphatic carbocycles. The summed E-state index contributed by atoms with van der Waals surface area (Å²) in [6.07, 6.45) is 1.15. The van der Waals surface area contributed by atoms with Crippen molar-refractivity contribution in [2.75, 3.05) is 18.6 Å². The molecule has 1 atom stereocenters. The van der Waals surface area contributed by atoms with Crippen LogP contribution in [0.3, 0.4) is 0 Å². The Morgan fingerprint density at radius 2 is 2.25 bits per heavy atom. The molecular weight excluding hydrogens is 289 g/mol. The average Bonchev–Trinajstić information content (AvgIpc) is 2.29. The van der Waals surface area contributed by atoms with Crippen LogP contribution < -0.4 is 5.32 Å². The van der Waals surface area contributed by atoms with Crippen LogP contribution in [-0.4, -0.2) is 18.6 Å². The number of halogens is 2. The van der Waals surface area contributed by atoms with Gasteiger partial charge in [0.25, 0.3) is 0 Å². The van der Waals surface area contributed by atoms with Gasteiger partial charge in [0.2, 0.25) is 0 Å². The Morgan fingerprint density at radius 1 is 1.50 bits per heavy atom. The quantitative estimate of drug-likeness (QED) is 0.798. The first kappa shape index (κ1) is 14.0. The Hall–Kier alpha value is -0.0600. The predicted molar refractivity (Wildman–Crippen MR) is 73.5 cm³/mol. The summed E-state index contributed by atoms with van der Waals surface area (Å²) in [6.45, 7) is 2.15. The maximum Gasteiger partial charge on any atom is 0.142 e. The van der Waals surface area contributed by atoms with E-state index in [1.165, 1.54) is 0 Å². The first-order valence-corrected chi connectivity index (χ1v) is 7.34. The normalized spacial score (nSPS) is 12.8. The fourth-order valence-electron chi connectivity index (χ4n) is 1.46. The van der Waals surface area contributed by atoms with Crippen molar-refractivity contribution in [3.8, 4) is 0 Å². The molecule has 1 nitrogen and oxygen atoms in total. The summed E-state index contributed by atoms with van der Waals surface area (Å²) in [6, 6.07) is 5.52. The topological polar surface area (TPSA) is 12.0 Å². The third kappa shape index (κ3) is 3.75. The summed E-state index contributed by atoms with van der Waals surface area (Å²) >= 11 is 5.07. The van der Waals surface area contributed by atoms with E-state index in [1.54, 1.807) is 6.07 Å². The molecule has 4 heteroatoms. The van der Waals surface area contributed by atoms with E-state index in [4.69, 9.17) is 0 Å². The highest BCUT2D eigenvalue weighted by atomic mass is 79.9. The molecule has 90 valence electrons. The molecule has 0 heterocycles. The number of nitrogens with one attached hydrogen (secondary N) is 1. The summed E-state index contributed by atoms with van der Waals surface area (Å²) in [5.74, 6) is 1.87. The third-order valence-corrected chi connectivity index (χ3v) is 4.22. The summed E-state index contributed by atoms with van der Waals surface area (Å²) in [4.78, 5) is 0. The van der Waals surface area contributed by atoms with Crippen LogP contribution in [0, 0.1) is 5.82 Å². The Bertz CT molecular complexity index is 333. The molecule has 0 amide bonds. The van der Waals surface area contributed by atoms with Gasteiger partial charge < -0.3 is 5.32 Å². The highest BCUT2D eigenvalue weighted by molar-refractivity contribution is 9.10. The fourth-order valence-corrected chi connectivity index (χ4v) is 2.88. The third-order valence-electron chi connectivity index (χ3n) is 2.34. The number of hydrogen-bond donors (Lipinski definition) is 1. The highest BCUT2D eigenvalue weighted by Gasteiger charge is 2.15. The molecular formula is C12H17BrFNS. The van der Waals surface area contributed by atoms with Crippen LogP contribution in [0.25, 0.3) is 0 Å². The lowest BCUT2D eigenvalue weighted by Gasteiger charge is -2.17. The second-order valence-corrected chi connectivity index (χ2v) is 5.56.